The predicted molar refractivity (Wildman–Crippen MR) is 134 cm³/mol. The van der Waals surface area contributed by atoms with Crippen molar-refractivity contribution in [1.82, 2.24) is 29.9 Å². The lowest BCUT2D eigenvalue weighted by molar-refractivity contribution is 0.557. The lowest BCUT2D eigenvalue weighted by Crippen LogP contribution is -2.02. The third-order valence-electron chi connectivity index (χ3n) is 5.16. The SMILES string of the molecule is CS(=O)(=O)c1ccc(-c2nnc(/C=C/c3nnc(-c4cc[nH]c(=O)c4)o3)n2-c2ccccc2Cl)cc1. The molecule has 3 heterocycles. The van der Waals surface area contributed by atoms with Gasteiger partial charge in [-0.3, -0.25) is 9.36 Å². The summed E-state index contributed by atoms with van der Waals surface area (Å²) in [7, 11) is -3.34. The number of halogens is 1. The maximum Gasteiger partial charge on any atom is 0.248 e. The smallest absolute Gasteiger partial charge is 0.248 e. The number of nitrogens with zero attached hydrogens (tertiary/aromatic N) is 5. The molecular weight excluding hydrogens is 504 g/mol. The molecule has 0 saturated heterocycles. The van der Waals surface area contributed by atoms with E-state index in [9.17, 15) is 13.2 Å². The number of nitrogens with one attached hydrogen (secondary N) is 1. The summed E-state index contributed by atoms with van der Waals surface area (Å²) in [6.45, 7) is 0. The average molecular weight is 521 g/mol. The van der Waals surface area contributed by atoms with Crippen molar-refractivity contribution >= 4 is 33.6 Å². The minimum atomic E-state index is -3.34. The zero-order chi connectivity index (χ0) is 25.3. The Morgan fingerprint density at radius 1 is 0.944 bits per heavy atom. The van der Waals surface area contributed by atoms with Gasteiger partial charge in [0.15, 0.2) is 21.5 Å². The number of benzene rings is 2. The van der Waals surface area contributed by atoms with Gasteiger partial charge in [-0.2, -0.15) is 0 Å². The van der Waals surface area contributed by atoms with Crippen LogP contribution < -0.4 is 5.56 Å². The highest BCUT2D eigenvalue weighted by Gasteiger charge is 2.17. The van der Waals surface area contributed by atoms with E-state index in [4.69, 9.17) is 16.0 Å². The van der Waals surface area contributed by atoms with E-state index < -0.39 is 9.84 Å². The van der Waals surface area contributed by atoms with Crippen LogP contribution >= 0.6 is 11.6 Å². The number of hydrogen-bond acceptors (Lipinski definition) is 8. The van der Waals surface area contributed by atoms with Crippen LogP contribution in [-0.4, -0.2) is 44.6 Å². The number of para-hydroxylation sites is 1. The molecule has 0 atom stereocenters. The second kappa shape index (κ2) is 9.36. The lowest BCUT2D eigenvalue weighted by atomic mass is 10.2. The number of aromatic amines is 1. The Morgan fingerprint density at radius 3 is 2.44 bits per heavy atom. The van der Waals surface area contributed by atoms with Crippen molar-refractivity contribution < 1.29 is 12.8 Å². The highest BCUT2D eigenvalue weighted by molar-refractivity contribution is 7.90. The minimum Gasteiger partial charge on any atom is -0.417 e. The summed E-state index contributed by atoms with van der Waals surface area (Å²) < 4.78 is 31.1. The Kier molecular flexibility index (Phi) is 6.08. The number of pyridine rings is 1. The van der Waals surface area contributed by atoms with E-state index in [-0.39, 0.29) is 22.2 Å². The van der Waals surface area contributed by atoms with E-state index in [0.29, 0.717) is 33.5 Å². The summed E-state index contributed by atoms with van der Waals surface area (Å²) >= 11 is 6.48. The molecule has 10 nitrogen and oxygen atoms in total. The Bertz CT molecular complexity index is 1750. The topological polar surface area (TPSA) is 137 Å². The van der Waals surface area contributed by atoms with Crippen LogP contribution in [0.1, 0.15) is 11.7 Å². The van der Waals surface area contributed by atoms with Gasteiger partial charge in [0.1, 0.15) is 0 Å². The first-order valence-corrected chi connectivity index (χ1v) is 12.8. The van der Waals surface area contributed by atoms with Crippen LogP contribution in [0, 0.1) is 0 Å². The van der Waals surface area contributed by atoms with Crippen LogP contribution in [0.2, 0.25) is 5.02 Å². The molecule has 0 unspecified atom stereocenters. The van der Waals surface area contributed by atoms with Gasteiger partial charge in [-0.05, 0) is 48.5 Å². The van der Waals surface area contributed by atoms with Crippen LogP contribution in [0.4, 0.5) is 0 Å². The van der Waals surface area contributed by atoms with Gasteiger partial charge in [0, 0.05) is 35.7 Å². The van der Waals surface area contributed by atoms with E-state index in [1.165, 1.54) is 24.4 Å². The molecule has 36 heavy (non-hydrogen) atoms. The van der Waals surface area contributed by atoms with Gasteiger partial charge in [0.2, 0.25) is 17.3 Å². The fourth-order valence-electron chi connectivity index (χ4n) is 3.46. The summed E-state index contributed by atoms with van der Waals surface area (Å²) in [5, 5.41) is 17.1. The molecule has 0 aliphatic rings. The van der Waals surface area contributed by atoms with Crippen LogP contribution in [0.3, 0.4) is 0 Å². The Labute approximate surface area is 209 Å². The number of sulfone groups is 1. The Balaban J connectivity index is 1.55. The molecule has 0 amide bonds. The van der Waals surface area contributed by atoms with Crippen molar-refractivity contribution in [2.45, 2.75) is 4.90 Å². The van der Waals surface area contributed by atoms with Crippen LogP contribution in [-0.2, 0) is 9.84 Å². The predicted octanol–water partition coefficient (Wildman–Crippen LogP) is 3.90. The van der Waals surface area contributed by atoms with Gasteiger partial charge < -0.3 is 9.40 Å². The van der Waals surface area contributed by atoms with Gasteiger partial charge in [0.05, 0.1) is 15.6 Å². The Hall–Kier alpha value is -4.35. The first kappa shape index (κ1) is 23.4. The largest absolute Gasteiger partial charge is 0.417 e. The number of aromatic nitrogens is 6. The van der Waals surface area contributed by atoms with Crippen molar-refractivity contribution in [3.8, 4) is 28.5 Å². The summed E-state index contributed by atoms with van der Waals surface area (Å²) in [6, 6.07) is 16.6. The quantitative estimate of drug-likeness (QED) is 0.356. The van der Waals surface area contributed by atoms with E-state index >= 15 is 0 Å². The normalized spacial score (nSPS) is 11.8. The molecule has 0 radical (unpaired) electrons. The molecule has 3 aromatic heterocycles. The van der Waals surface area contributed by atoms with E-state index in [0.717, 1.165) is 6.26 Å². The summed E-state index contributed by atoms with van der Waals surface area (Å²) in [5.74, 6) is 1.26. The molecule has 180 valence electrons. The van der Waals surface area contributed by atoms with Gasteiger partial charge >= 0.3 is 0 Å². The molecule has 2 aromatic carbocycles. The zero-order valence-corrected chi connectivity index (χ0v) is 20.2. The molecule has 0 bridgehead atoms. The highest BCUT2D eigenvalue weighted by atomic mass is 35.5. The average Bonchev–Trinajstić information content (AvgIpc) is 3.50. The molecule has 5 aromatic rings. The molecule has 0 aliphatic carbocycles. The summed E-state index contributed by atoms with van der Waals surface area (Å²) in [4.78, 5) is 14.3. The van der Waals surface area contributed by atoms with Gasteiger partial charge in [-0.25, -0.2) is 8.42 Å². The standard InChI is InChI=1S/C24H17ClN6O4S/c1-36(33,34)17-8-6-15(7-9-17)23-29-27-20(31(23)19-5-3-2-4-18(19)25)10-11-22-28-30-24(35-22)16-12-13-26-21(32)14-16/h2-14H,1H3,(H,26,32)/b11-10+. The molecule has 0 spiro atoms. The number of H-pyrrole nitrogens is 1. The first-order chi connectivity index (χ1) is 17.3. The zero-order valence-electron chi connectivity index (χ0n) is 18.7. The fraction of sp³-hybridized carbons (Fsp3) is 0.0417. The molecule has 0 saturated carbocycles. The van der Waals surface area contributed by atoms with E-state index in [2.05, 4.69) is 25.4 Å². The van der Waals surface area contributed by atoms with Crippen LogP contribution in [0.15, 0.2) is 81.0 Å². The Morgan fingerprint density at radius 2 is 1.72 bits per heavy atom. The lowest BCUT2D eigenvalue weighted by Gasteiger charge is -2.11. The number of hydrogen-bond donors (Lipinski definition) is 1. The minimum absolute atomic E-state index is 0.193. The van der Waals surface area contributed by atoms with Crippen LogP contribution in [0.25, 0.3) is 40.7 Å². The second-order valence-electron chi connectivity index (χ2n) is 7.69. The third kappa shape index (κ3) is 4.74. The van der Waals surface area contributed by atoms with Crippen molar-refractivity contribution in [1.29, 1.82) is 0 Å². The molecule has 1 N–H and O–H groups in total. The van der Waals surface area contributed by atoms with Crippen molar-refractivity contribution in [3.05, 3.63) is 94.0 Å². The molecular formula is C24H17ClN6O4S. The van der Waals surface area contributed by atoms with Gasteiger partial charge in [-0.1, -0.05) is 23.7 Å². The second-order valence-corrected chi connectivity index (χ2v) is 10.1. The van der Waals surface area contributed by atoms with Crippen molar-refractivity contribution in [3.63, 3.8) is 0 Å². The van der Waals surface area contributed by atoms with Gasteiger partial charge in [-0.15, -0.1) is 20.4 Å². The maximum atomic E-state index is 11.9. The monoisotopic (exact) mass is 520 g/mol. The fourth-order valence-corrected chi connectivity index (χ4v) is 4.31. The van der Waals surface area contributed by atoms with Crippen molar-refractivity contribution in [2.75, 3.05) is 6.26 Å². The van der Waals surface area contributed by atoms with Crippen LogP contribution in [0.5, 0.6) is 0 Å². The summed E-state index contributed by atoms with van der Waals surface area (Å²) in [6.07, 6.45) is 5.85. The molecule has 12 heteroatoms. The van der Waals surface area contributed by atoms with E-state index in [1.54, 1.807) is 47.1 Å². The maximum absolute atomic E-state index is 11.9. The third-order valence-corrected chi connectivity index (χ3v) is 6.61. The number of rotatable bonds is 6. The molecule has 5 rings (SSSR count). The molecule has 0 aliphatic heterocycles. The first-order valence-electron chi connectivity index (χ1n) is 10.5. The molecule has 0 fully saturated rings. The summed E-state index contributed by atoms with van der Waals surface area (Å²) in [5.41, 5.74) is 1.47. The highest BCUT2D eigenvalue weighted by Crippen LogP contribution is 2.29. The van der Waals surface area contributed by atoms with Gasteiger partial charge in [0.25, 0.3) is 0 Å². The van der Waals surface area contributed by atoms with Crippen molar-refractivity contribution in [2.24, 2.45) is 0 Å². The van der Waals surface area contributed by atoms with E-state index in [1.807, 2.05) is 12.1 Å².